The number of benzene rings is 2. The number of fused-ring (bicyclic) bond motifs is 1. The molecule has 0 radical (unpaired) electrons. The van der Waals surface area contributed by atoms with Gasteiger partial charge in [-0.05, 0) is 47.6 Å². The van der Waals surface area contributed by atoms with Gasteiger partial charge in [-0.25, -0.2) is 0 Å². The zero-order valence-electron chi connectivity index (χ0n) is 14.1. The Balaban J connectivity index is 2.07. The number of rotatable bonds is 4. The fourth-order valence-corrected chi connectivity index (χ4v) is 3.21. The fourth-order valence-electron chi connectivity index (χ4n) is 3.21. The Morgan fingerprint density at radius 1 is 1.04 bits per heavy atom. The molecule has 0 spiro atoms. The average molecular weight is 309 g/mol. The molecule has 4 heteroatoms. The van der Waals surface area contributed by atoms with E-state index in [2.05, 4.69) is 37.9 Å². The number of phenolic OH excluding ortho intramolecular Hbond substituents is 1. The molecule has 0 unspecified atom stereocenters. The van der Waals surface area contributed by atoms with Gasteiger partial charge in [0.1, 0.15) is 22.5 Å². The highest BCUT2D eigenvalue weighted by molar-refractivity contribution is 5.73. The van der Waals surface area contributed by atoms with Crippen LogP contribution in [0.1, 0.15) is 39.7 Å². The van der Waals surface area contributed by atoms with Gasteiger partial charge < -0.3 is 5.11 Å². The molecule has 3 rings (SSSR count). The van der Waals surface area contributed by atoms with E-state index in [9.17, 15) is 5.11 Å². The lowest BCUT2D eigenvalue weighted by Crippen LogP contribution is -2.20. The van der Waals surface area contributed by atoms with E-state index < -0.39 is 0 Å². The van der Waals surface area contributed by atoms with Crippen LogP contribution in [-0.2, 0) is 5.41 Å². The number of nitrogens with zero attached hydrogens (tertiary/aromatic N) is 3. The molecule has 2 aromatic carbocycles. The van der Waals surface area contributed by atoms with E-state index in [1.807, 2.05) is 36.4 Å². The van der Waals surface area contributed by atoms with Crippen LogP contribution < -0.4 is 0 Å². The molecule has 0 saturated heterocycles. The van der Waals surface area contributed by atoms with Gasteiger partial charge in [-0.1, -0.05) is 45.9 Å². The third-order valence-corrected chi connectivity index (χ3v) is 4.18. The second kappa shape index (κ2) is 5.69. The molecule has 1 aromatic heterocycles. The van der Waals surface area contributed by atoms with Crippen LogP contribution in [0.4, 0.5) is 0 Å². The van der Waals surface area contributed by atoms with Crippen LogP contribution in [0.2, 0.25) is 0 Å². The van der Waals surface area contributed by atoms with Crippen LogP contribution in [0.15, 0.2) is 42.5 Å². The van der Waals surface area contributed by atoms with Crippen molar-refractivity contribution in [3.8, 4) is 11.4 Å². The van der Waals surface area contributed by atoms with Gasteiger partial charge >= 0.3 is 0 Å². The van der Waals surface area contributed by atoms with E-state index >= 15 is 0 Å². The Bertz CT molecular complexity index is 801. The summed E-state index contributed by atoms with van der Waals surface area (Å²) in [5, 5.41) is 19.2. The minimum absolute atomic E-state index is 0.0309. The van der Waals surface area contributed by atoms with Crippen molar-refractivity contribution in [2.75, 3.05) is 0 Å². The molecule has 0 amide bonds. The molecule has 1 N–H and O–H groups in total. The molecule has 120 valence electrons. The predicted molar refractivity (Wildman–Crippen MR) is 93.0 cm³/mol. The molecule has 3 aromatic rings. The lowest BCUT2D eigenvalue weighted by molar-refractivity contribution is 0.398. The predicted octanol–water partition coefficient (Wildman–Crippen LogP) is 4.45. The van der Waals surface area contributed by atoms with E-state index in [0.717, 1.165) is 17.5 Å². The molecule has 0 saturated carbocycles. The van der Waals surface area contributed by atoms with Crippen LogP contribution in [0, 0.1) is 5.92 Å². The zero-order valence-corrected chi connectivity index (χ0v) is 14.1. The smallest absolute Gasteiger partial charge is 0.143 e. The molecule has 0 aliphatic rings. The maximum absolute atomic E-state index is 10.3. The second-order valence-corrected chi connectivity index (χ2v) is 7.16. The highest BCUT2D eigenvalue weighted by atomic mass is 16.3. The van der Waals surface area contributed by atoms with Crippen molar-refractivity contribution in [2.24, 2.45) is 5.92 Å². The minimum Gasteiger partial charge on any atom is -0.506 e. The van der Waals surface area contributed by atoms with Gasteiger partial charge in [0.25, 0.3) is 0 Å². The van der Waals surface area contributed by atoms with E-state index in [4.69, 9.17) is 0 Å². The molecule has 23 heavy (non-hydrogen) atoms. The topological polar surface area (TPSA) is 50.9 Å². The monoisotopic (exact) mass is 309 g/mol. The number of aromatic hydroxyl groups is 1. The zero-order chi connectivity index (χ0) is 16.6. The fraction of sp³-hybridized carbons (Fsp3) is 0.368. The first kappa shape index (κ1) is 15.5. The van der Waals surface area contributed by atoms with E-state index in [1.54, 1.807) is 6.07 Å². The summed E-state index contributed by atoms with van der Waals surface area (Å²) in [6.07, 6.45) is 1.08. The summed E-state index contributed by atoms with van der Waals surface area (Å²) in [4.78, 5) is 1.52. The largest absolute Gasteiger partial charge is 0.506 e. The van der Waals surface area contributed by atoms with Gasteiger partial charge in [0.05, 0.1) is 0 Å². The Labute approximate surface area is 136 Å². The summed E-state index contributed by atoms with van der Waals surface area (Å²) >= 11 is 0. The van der Waals surface area contributed by atoms with E-state index in [-0.39, 0.29) is 11.2 Å². The Kier molecular flexibility index (Phi) is 3.84. The first-order valence-electron chi connectivity index (χ1n) is 8.03. The van der Waals surface area contributed by atoms with Gasteiger partial charge in [0.2, 0.25) is 0 Å². The third-order valence-electron chi connectivity index (χ3n) is 4.18. The lowest BCUT2D eigenvalue weighted by atomic mass is 9.78. The maximum atomic E-state index is 10.3. The summed E-state index contributed by atoms with van der Waals surface area (Å²) in [7, 11) is 0. The lowest BCUT2D eigenvalue weighted by Gasteiger charge is -2.28. The van der Waals surface area contributed by atoms with Gasteiger partial charge in [-0.3, -0.25) is 0 Å². The van der Waals surface area contributed by atoms with Crippen molar-refractivity contribution in [3.05, 3.63) is 48.0 Å². The van der Waals surface area contributed by atoms with Crippen molar-refractivity contribution in [2.45, 2.75) is 39.5 Å². The van der Waals surface area contributed by atoms with Gasteiger partial charge in [0.15, 0.2) is 0 Å². The molecule has 0 atom stereocenters. The minimum atomic E-state index is 0.0309. The second-order valence-electron chi connectivity index (χ2n) is 7.16. The van der Waals surface area contributed by atoms with Crippen molar-refractivity contribution in [3.63, 3.8) is 0 Å². The molecule has 0 bridgehead atoms. The van der Waals surface area contributed by atoms with Gasteiger partial charge in [0, 0.05) is 0 Å². The van der Waals surface area contributed by atoms with Crippen LogP contribution in [0.5, 0.6) is 5.75 Å². The van der Waals surface area contributed by atoms with Gasteiger partial charge in [-0.15, -0.1) is 15.0 Å². The first-order valence-corrected chi connectivity index (χ1v) is 8.03. The highest BCUT2D eigenvalue weighted by Gasteiger charge is 2.23. The number of hydrogen-bond donors (Lipinski definition) is 1. The number of aromatic nitrogens is 3. The van der Waals surface area contributed by atoms with Crippen molar-refractivity contribution in [1.82, 2.24) is 15.0 Å². The summed E-state index contributed by atoms with van der Waals surface area (Å²) < 4.78 is 0. The van der Waals surface area contributed by atoms with Crippen molar-refractivity contribution in [1.29, 1.82) is 0 Å². The number of hydrogen-bond acceptors (Lipinski definition) is 3. The van der Waals surface area contributed by atoms with Gasteiger partial charge in [-0.2, -0.15) is 0 Å². The number of phenols is 1. The Morgan fingerprint density at radius 2 is 1.65 bits per heavy atom. The van der Waals surface area contributed by atoms with E-state index in [0.29, 0.717) is 11.6 Å². The quantitative estimate of drug-likeness (QED) is 0.774. The SMILES string of the molecule is CC(C)CC(C)(C)c1ccc(O)c(-n2nc3ccccc3n2)c1. The maximum Gasteiger partial charge on any atom is 0.143 e. The van der Waals surface area contributed by atoms with Crippen LogP contribution >= 0.6 is 0 Å². The highest BCUT2D eigenvalue weighted by Crippen LogP contribution is 2.34. The molecule has 0 fully saturated rings. The normalized spacial score (nSPS) is 12.2. The van der Waals surface area contributed by atoms with Crippen LogP contribution in [-0.4, -0.2) is 20.1 Å². The van der Waals surface area contributed by atoms with E-state index in [1.165, 1.54) is 10.4 Å². The van der Waals surface area contributed by atoms with Crippen LogP contribution in [0.3, 0.4) is 0 Å². The van der Waals surface area contributed by atoms with Crippen molar-refractivity contribution < 1.29 is 5.11 Å². The first-order chi connectivity index (χ1) is 10.9. The van der Waals surface area contributed by atoms with Crippen LogP contribution in [0.25, 0.3) is 16.7 Å². The Morgan fingerprint density at radius 3 is 2.22 bits per heavy atom. The molecular weight excluding hydrogens is 286 g/mol. The molecule has 0 aliphatic heterocycles. The summed E-state index contributed by atoms with van der Waals surface area (Å²) in [5.74, 6) is 0.794. The third kappa shape index (κ3) is 3.07. The molecule has 1 heterocycles. The summed E-state index contributed by atoms with van der Waals surface area (Å²) in [6, 6.07) is 13.4. The molecule has 4 nitrogen and oxygen atoms in total. The summed E-state index contributed by atoms with van der Waals surface area (Å²) in [5.41, 5.74) is 3.47. The van der Waals surface area contributed by atoms with Crippen molar-refractivity contribution >= 4 is 11.0 Å². The molecule has 0 aliphatic carbocycles. The average Bonchev–Trinajstić information content (AvgIpc) is 2.89. The molecular formula is C19H23N3O. The summed E-state index contributed by atoms with van der Waals surface area (Å²) in [6.45, 7) is 8.92. The Hall–Kier alpha value is -2.36. The standard InChI is InChI=1S/C19H23N3O/c1-13(2)12-19(3,4)14-9-10-18(23)17(11-14)22-20-15-7-5-6-8-16(15)21-22/h5-11,13,23H,12H2,1-4H3.